The topological polar surface area (TPSA) is 57.5 Å². The van der Waals surface area contributed by atoms with Crippen LogP contribution in [0.3, 0.4) is 0 Å². The highest BCUT2D eigenvalue weighted by Gasteiger charge is 2.12. The first-order chi connectivity index (χ1) is 10.3. The second-order valence-corrected chi connectivity index (χ2v) is 6.78. The number of ketones is 1. The number of Topliss-reactive ketones (excluding diaryl/α,β-unsaturated/α-hetero) is 1. The monoisotopic (exact) mass is 356 g/mol. The van der Waals surface area contributed by atoms with Gasteiger partial charge in [0, 0.05) is 11.4 Å². The smallest absolute Gasteiger partial charge is 0.166 e. The Morgan fingerprint density at radius 1 is 1.41 bits per heavy atom. The minimum absolute atomic E-state index is 0.0997. The number of carbonyl (C=O) groups excluding carboxylic acids is 1. The molecule has 0 bridgehead atoms. The third-order valence-electron chi connectivity index (χ3n) is 2.71. The van der Waals surface area contributed by atoms with Crippen molar-refractivity contribution in [2.75, 3.05) is 0 Å². The summed E-state index contributed by atoms with van der Waals surface area (Å²) >= 11 is 12.2. The molecule has 0 aromatic heterocycles. The average Bonchev–Trinajstić information content (AvgIpc) is 2.45. The van der Waals surface area contributed by atoms with Gasteiger partial charge >= 0.3 is 0 Å². The van der Waals surface area contributed by atoms with E-state index in [1.54, 1.807) is 18.2 Å². The summed E-state index contributed by atoms with van der Waals surface area (Å²) in [5.74, 6) is -0.0997. The van der Waals surface area contributed by atoms with E-state index in [1.165, 1.54) is 6.92 Å². The van der Waals surface area contributed by atoms with Crippen molar-refractivity contribution in [1.29, 1.82) is 0 Å². The van der Waals surface area contributed by atoms with Gasteiger partial charge in [-0.1, -0.05) is 54.3 Å². The van der Waals surface area contributed by atoms with Crippen LogP contribution < -0.4 is 0 Å². The molecule has 6 heteroatoms. The van der Waals surface area contributed by atoms with Crippen molar-refractivity contribution in [3.8, 4) is 0 Å². The van der Waals surface area contributed by atoms with E-state index in [4.69, 9.17) is 34.0 Å². The standard InChI is InChI=1S/C16H17ClO3S2/c1-10(3-8-15(19)20)16(21)22-14(11(2)18)9-12-4-6-13(17)7-5-12/h4-7,9,15,19-20H,1,3,8H2,2H3/b14-9+. The molecule has 0 aliphatic rings. The summed E-state index contributed by atoms with van der Waals surface area (Å²) in [5, 5.41) is 18.3. The molecule has 0 unspecified atom stereocenters. The Balaban J connectivity index is 2.80. The number of carbonyl (C=O) groups is 1. The predicted octanol–water partition coefficient (Wildman–Crippen LogP) is 3.98. The zero-order valence-electron chi connectivity index (χ0n) is 12.1. The van der Waals surface area contributed by atoms with E-state index in [2.05, 4.69) is 6.58 Å². The van der Waals surface area contributed by atoms with Crippen molar-refractivity contribution < 1.29 is 15.0 Å². The third kappa shape index (κ3) is 6.85. The molecule has 0 spiro atoms. The number of aliphatic hydroxyl groups is 2. The van der Waals surface area contributed by atoms with Gasteiger partial charge in [0.1, 0.15) is 0 Å². The first-order valence-electron chi connectivity index (χ1n) is 6.54. The Morgan fingerprint density at radius 2 is 2.00 bits per heavy atom. The van der Waals surface area contributed by atoms with Gasteiger partial charge in [0.05, 0.1) is 9.10 Å². The van der Waals surface area contributed by atoms with Crippen LogP contribution in [-0.2, 0) is 4.79 Å². The van der Waals surface area contributed by atoms with Gasteiger partial charge in [-0.05, 0) is 42.7 Å². The van der Waals surface area contributed by atoms with Crippen molar-refractivity contribution in [2.45, 2.75) is 26.1 Å². The molecule has 0 aliphatic heterocycles. The zero-order valence-corrected chi connectivity index (χ0v) is 14.5. The van der Waals surface area contributed by atoms with Gasteiger partial charge in [-0.2, -0.15) is 0 Å². The molecule has 0 saturated carbocycles. The lowest BCUT2D eigenvalue weighted by molar-refractivity contribution is -0.112. The third-order valence-corrected chi connectivity index (χ3v) is 4.60. The first kappa shape index (κ1) is 19.1. The second-order valence-electron chi connectivity index (χ2n) is 4.63. The molecule has 3 nitrogen and oxygen atoms in total. The minimum Gasteiger partial charge on any atom is -0.368 e. The van der Waals surface area contributed by atoms with Gasteiger partial charge in [0.15, 0.2) is 12.1 Å². The second kappa shape index (κ2) is 9.22. The lowest BCUT2D eigenvalue weighted by Crippen LogP contribution is -2.06. The quantitative estimate of drug-likeness (QED) is 0.439. The summed E-state index contributed by atoms with van der Waals surface area (Å²) in [6.45, 7) is 5.29. The summed E-state index contributed by atoms with van der Waals surface area (Å²) in [6.07, 6.45) is 0.886. The molecule has 0 heterocycles. The molecule has 1 rings (SSSR count). The summed E-state index contributed by atoms with van der Waals surface area (Å²) in [7, 11) is 0. The van der Waals surface area contributed by atoms with E-state index >= 15 is 0 Å². The highest BCUT2D eigenvalue weighted by Crippen LogP contribution is 2.27. The molecule has 0 radical (unpaired) electrons. The zero-order chi connectivity index (χ0) is 16.7. The lowest BCUT2D eigenvalue weighted by Gasteiger charge is -2.09. The van der Waals surface area contributed by atoms with Crippen LogP contribution in [0.25, 0.3) is 6.08 Å². The molecule has 22 heavy (non-hydrogen) atoms. The van der Waals surface area contributed by atoms with Crippen LogP contribution in [0.2, 0.25) is 5.02 Å². The normalized spacial score (nSPS) is 11.6. The fraction of sp³-hybridized carbons (Fsp3) is 0.250. The maximum atomic E-state index is 11.8. The maximum Gasteiger partial charge on any atom is 0.166 e. The summed E-state index contributed by atoms with van der Waals surface area (Å²) in [6, 6.07) is 7.11. The molecule has 118 valence electrons. The molecule has 2 N–H and O–H groups in total. The molecule has 1 aromatic rings. The highest BCUT2D eigenvalue weighted by molar-refractivity contribution is 8.26. The van der Waals surface area contributed by atoms with E-state index in [-0.39, 0.29) is 12.2 Å². The Morgan fingerprint density at radius 3 is 2.50 bits per heavy atom. The van der Waals surface area contributed by atoms with E-state index in [0.29, 0.717) is 26.1 Å². The van der Waals surface area contributed by atoms with E-state index in [9.17, 15) is 4.79 Å². The van der Waals surface area contributed by atoms with Gasteiger partial charge in [-0.15, -0.1) is 0 Å². The number of hydrogen-bond acceptors (Lipinski definition) is 5. The lowest BCUT2D eigenvalue weighted by atomic mass is 10.2. The average molecular weight is 357 g/mol. The van der Waals surface area contributed by atoms with Crippen molar-refractivity contribution in [3.63, 3.8) is 0 Å². The number of aliphatic hydroxyl groups excluding tert-OH is 1. The number of benzene rings is 1. The number of thiocarbonyl (C=S) groups is 1. The molecular formula is C16H17ClO3S2. The van der Waals surface area contributed by atoms with Gasteiger partial charge < -0.3 is 10.2 Å². The Bertz CT molecular complexity index is 592. The Labute approximate surface area is 144 Å². The van der Waals surface area contributed by atoms with Crippen molar-refractivity contribution in [2.24, 2.45) is 0 Å². The van der Waals surface area contributed by atoms with Crippen LogP contribution in [0.15, 0.2) is 41.3 Å². The van der Waals surface area contributed by atoms with Gasteiger partial charge in [0.2, 0.25) is 0 Å². The maximum absolute atomic E-state index is 11.8. The number of thioether (sulfide) groups is 1. The van der Waals surface area contributed by atoms with Crippen molar-refractivity contribution >= 4 is 51.6 Å². The number of halogens is 1. The summed E-state index contributed by atoms with van der Waals surface area (Å²) in [4.78, 5) is 12.3. The minimum atomic E-state index is -1.39. The summed E-state index contributed by atoms with van der Waals surface area (Å²) < 4.78 is 0.469. The van der Waals surface area contributed by atoms with Gasteiger partial charge in [0.25, 0.3) is 0 Å². The van der Waals surface area contributed by atoms with Gasteiger partial charge in [-0.25, -0.2) is 0 Å². The molecule has 0 fully saturated rings. The molecule has 0 amide bonds. The fourth-order valence-electron chi connectivity index (χ4n) is 1.49. The van der Waals surface area contributed by atoms with E-state index in [1.807, 2.05) is 12.1 Å². The number of allylic oxidation sites excluding steroid dienone is 1. The molecule has 0 saturated heterocycles. The van der Waals surface area contributed by atoms with Crippen molar-refractivity contribution in [3.05, 3.63) is 51.9 Å². The van der Waals surface area contributed by atoms with Crippen LogP contribution in [0.4, 0.5) is 0 Å². The van der Waals surface area contributed by atoms with Gasteiger partial charge in [-0.3, -0.25) is 4.79 Å². The first-order valence-corrected chi connectivity index (χ1v) is 8.14. The molecule has 0 atom stereocenters. The fourth-order valence-corrected chi connectivity index (χ4v) is 2.77. The number of hydrogen-bond donors (Lipinski definition) is 2. The SMILES string of the molecule is C=C(CCC(O)O)C(=S)S/C(=C/c1ccc(Cl)cc1)C(C)=O. The van der Waals surface area contributed by atoms with Crippen molar-refractivity contribution in [1.82, 2.24) is 0 Å². The number of rotatable bonds is 7. The van der Waals surface area contributed by atoms with Crippen LogP contribution in [0, 0.1) is 0 Å². The van der Waals surface area contributed by atoms with Crippen LogP contribution in [0.1, 0.15) is 25.3 Å². The van der Waals surface area contributed by atoms with E-state index < -0.39 is 6.29 Å². The summed E-state index contributed by atoms with van der Waals surface area (Å²) in [5.41, 5.74) is 1.46. The van der Waals surface area contributed by atoms with Crippen LogP contribution in [-0.4, -0.2) is 26.5 Å². The predicted molar refractivity (Wildman–Crippen MR) is 96.9 cm³/mol. The van der Waals surface area contributed by atoms with Crippen LogP contribution >= 0.6 is 35.6 Å². The highest BCUT2D eigenvalue weighted by atomic mass is 35.5. The molecule has 0 aliphatic carbocycles. The largest absolute Gasteiger partial charge is 0.368 e. The molecule has 1 aromatic carbocycles. The van der Waals surface area contributed by atoms with Crippen LogP contribution in [0.5, 0.6) is 0 Å². The molecular weight excluding hydrogens is 340 g/mol. The van der Waals surface area contributed by atoms with E-state index in [0.717, 1.165) is 17.3 Å². The Kier molecular flexibility index (Phi) is 8.00. The Hall–Kier alpha value is -0.980.